The van der Waals surface area contributed by atoms with Gasteiger partial charge >= 0.3 is 0 Å². The number of carbonyl (C=O) groups excluding carboxylic acids is 1. The summed E-state index contributed by atoms with van der Waals surface area (Å²) in [5, 5.41) is 12.6. The number of carbonyl (C=O) groups is 1. The number of amides is 1. The van der Waals surface area contributed by atoms with Crippen LogP contribution in [0.1, 0.15) is 57.9 Å². The number of rotatable bonds is 3. The number of oxime groups is 1. The van der Waals surface area contributed by atoms with E-state index in [1.165, 1.54) is 25.7 Å². The molecule has 4 rings (SSSR count). The lowest BCUT2D eigenvalue weighted by Crippen LogP contribution is -2.50. The highest BCUT2D eigenvalue weighted by Gasteiger charge is 2.40. The zero-order valence-electron chi connectivity index (χ0n) is 16.5. The van der Waals surface area contributed by atoms with Crippen molar-refractivity contribution in [1.29, 1.82) is 0 Å². The van der Waals surface area contributed by atoms with Crippen LogP contribution in [0.25, 0.3) is 0 Å². The number of hydrogen-bond acceptors (Lipinski definition) is 4. The van der Waals surface area contributed by atoms with E-state index in [9.17, 15) is 10.0 Å². The van der Waals surface area contributed by atoms with Crippen molar-refractivity contribution >= 4 is 17.3 Å². The molecule has 0 spiro atoms. The second kappa shape index (κ2) is 7.63. The third-order valence-corrected chi connectivity index (χ3v) is 7.00. The van der Waals surface area contributed by atoms with Crippen LogP contribution < -0.4 is 4.90 Å². The first kappa shape index (κ1) is 18.5. The van der Waals surface area contributed by atoms with Gasteiger partial charge in [0.25, 0.3) is 5.91 Å². The van der Waals surface area contributed by atoms with Crippen LogP contribution in [0.15, 0.2) is 29.4 Å². The molecular weight excluding hydrogens is 338 g/mol. The molecule has 1 aliphatic carbocycles. The topological polar surface area (TPSA) is 56.1 Å². The SMILES string of the molecule is CC(C)C1CCC(N2CCC(N3C(=O)/C(=N\O)c4ccccc43)CC2)CC1. The predicted molar refractivity (Wildman–Crippen MR) is 107 cm³/mol. The van der Waals surface area contributed by atoms with Gasteiger partial charge in [-0.15, -0.1) is 0 Å². The van der Waals surface area contributed by atoms with Gasteiger partial charge in [-0.25, -0.2) is 0 Å². The summed E-state index contributed by atoms with van der Waals surface area (Å²) in [6.07, 6.45) is 7.33. The molecule has 1 saturated heterocycles. The predicted octanol–water partition coefficient (Wildman–Crippen LogP) is 3.89. The largest absolute Gasteiger partial charge is 0.410 e. The lowest BCUT2D eigenvalue weighted by atomic mass is 9.79. The van der Waals surface area contributed by atoms with Crippen molar-refractivity contribution in [3.05, 3.63) is 29.8 Å². The van der Waals surface area contributed by atoms with Gasteiger partial charge < -0.3 is 15.0 Å². The maximum absolute atomic E-state index is 12.8. The molecule has 0 unspecified atom stereocenters. The van der Waals surface area contributed by atoms with Crippen LogP contribution in [0, 0.1) is 11.8 Å². The van der Waals surface area contributed by atoms with Crippen molar-refractivity contribution in [2.75, 3.05) is 18.0 Å². The molecule has 1 N–H and O–H groups in total. The summed E-state index contributed by atoms with van der Waals surface area (Å²) in [5.74, 6) is 1.55. The quantitative estimate of drug-likeness (QED) is 0.650. The first-order valence-electron chi connectivity index (χ1n) is 10.5. The Morgan fingerprint density at radius 1 is 1.00 bits per heavy atom. The third kappa shape index (κ3) is 3.38. The number of hydrogen-bond donors (Lipinski definition) is 1. The fourth-order valence-electron chi connectivity index (χ4n) is 5.32. The summed E-state index contributed by atoms with van der Waals surface area (Å²) in [6.45, 7) is 6.81. The van der Waals surface area contributed by atoms with E-state index >= 15 is 0 Å². The van der Waals surface area contributed by atoms with Gasteiger partial charge in [-0.2, -0.15) is 0 Å². The normalized spacial score (nSPS) is 28.9. The first-order valence-corrected chi connectivity index (χ1v) is 10.5. The summed E-state index contributed by atoms with van der Waals surface area (Å²) in [4.78, 5) is 17.3. The Morgan fingerprint density at radius 3 is 2.30 bits per heavy atom. The van der Waals surface area contributed by atoms with E-state index < -0.39 is 0 Å². The molecule has 5 nitrogen and oxygen atoms in total. The van der Waals surface area contributed by atoms with Gasteiger partial charge in [-0.1, -0.05) is 37.2 Å². The molecule has 5 heteroatoms. The lowest BCUT2D eigenvalue weighted by Gasteiger charge is -2.43. The van der Waals surface area contributed by atoms with Crippen LogP contribution in [0.5, 0.6) is 0 Å². The maximum atomic E-state index is 12.8. The first-order chi connectivity index (χ1) is 13.1. The standard InChI is InChI=1S/C22H31N3O2/c1-15(2)16-7-9-17(10-8-16)24-13-11-18(12-14-24)25-20-6-4-3-5-19(20)21(23-27)22(25)26/h3-6,15-18,27H,7-14H2,1-2H3/b23-21-. The Morgan fingerprint density at radius 2 is 1.67 bits per heavy atom. The molecule has 1 aromatic carbocycles. The van der Waals surface area contributed by atoms with Crippen LogP contribution in [-0.4, -0.2) is 46.9 Å². The molecule has 2 heterocycles. The highest BCUT2D eigenvalue weighted by molar-refractivity contribution is 6.54. The third-order valence-electron chi connectivity index (χ3n) is 7.00. The van der Waals surface area contributed by atoms with Gasteiger partial charge in [0.15, 0.2) is 5.71 Å². The highest BCUT2D eigenvalue weighted by atomic mass is 16.4. The molecule has 146 valence electrons. The van der Waals surface area contributed by atoms with Crippen LogP contribution >= 0.6 is 0 Å². The number of piperidine rings is 1. The van der Waals surface area contributed by atoms with E-state index in [1.54, 1.807) is 0 Å². The average Bonchev–Trinajstić information content (AvgIpc) is 2.99. The minimum atomic E-state index is -0.158. The molecule has 0 atom stereocenters. The van der Waals surface area contributed by atoms with Gasteiger partial charge in [0.05, 0.1) is 5.69 Å². The Labute approximate surface area is 162 Å². The van der Waals surface area contributed by atoms with Gasteiger partial charge in [-0.3, -0.25) is 4.79 Å². The molecule has 0 radical (unpaired) electrons. The smallest absolute Gasteiger partial charge is 0.281 e. The molecule has 1 saturated carbocycles. The van der Waals surface area contributed by atoms with Crippen molar-refractivity contribution in [1.82, 2.24) is 4.90 Å². The van der Waals surface area contributed by atoms with Crippen LogP contribution in [0.4, 0.5) is 5.69 Å². The Kier molecular flexibility index (Phi) is 5.22. The molecule has 0 bridgehead atoms. The van der Waals surface area contributed by atoms with Crippen molar-refractivity contribution < 1.29 is 10.0 Å². The van der Waals surface area contributed by atoms with E-state index in [-0.39, 0.29) is 17.7 Å². The van der Waals surface area contributed by atoms with E-state index in [2.05, 4.69) is 23.9 Å². The number of likely N-dealkylation sites (tertiary alicyclic amines) is 1. The molecule has 2 aliphatic heterocycles. The maximum Gasteiger partial charge on any atom is 0.281 e. The van der Waals surface area contributed by atoms with Crippen LogP contribution in [0.3, 0.4) is 0 Å². The molecule has 1 aromatic rings. The van der Waals surface area contributed by atoms with Crippen molar-refractivity contribution in [2.24, 2.45) is 17.0 Å². The summed E-state index contributed by atoms with van der Waals surface area (Å²) in [6, 6.07) is 8.58. The summed E-state index contributed by atoms with van der Waals surface area (Å²) < 4.78 is 0. The second-order valence-electron chi connectivity index (χ2n) is 8.72. The van der Waals surface area contributed by atoms with Gasteiger partial charge in [0.2, 0.25) is 0 Å². The average molecular weight is 370 g/mol. The number of nitrogens with zero attached hydrogens (tertiary/aromatic N) is 3. The van der Waals surface area contributed by atoms with Crippen molar-refractivity contribution in [3.63, 3.8) is 0 Å². The molecule has 2 fully saturated rings. The van der Waals surface area contributed by atoms with Crippen LogP contribution in [0.2, 0.25) is 0 Å². The zero-order valence-corrected chi connectivity index (χ0v) is 16.5. The monoisotopic (exact) mass is 369 g/mol. The summed E-state index contributed by atoms with van der Waals surface area (Å²) in [5.41, 5.74) is 1.82. The fourth-order valence-corrected chi connectivity index (χ4v) is 5.32. The molecule has 1 amide bonds. The van der Waals surface area contributed by atoms with Gasteiger partial charge in [0, 0.05) is 30.7 Å². The number of fused-ring (bicyclic) bond motifs is 1. The molecule has 27 heavy (non-hydrogen) atoms. The van der Waals surface area contributed by atoms with Gasteiger partial charge in [0.1, 0.15) is 0 Å². The minimum Gasteiger partial charge on any atom is -0.410 e. The molecule has 0 aromatic heterocycles. The Bertz CT molecular complexity index is 714. The van der Waals surface area contributed by atoms with Crippen molar-refractivity contribution in [2.45, 2.75) is 64.5 Å². The van der Waals surface area contributed by atoms with Crippen molar-refractivity contribution in [3.8, 4) is 0 Å². The Balaban J connectivity index is 1.40. The minimum absolute atomic E-state index is 0.158. The zero-order chi connectivity index (χ0) is 19.0. The second-order valence-corrected chi connectivity index (χ2v) is 8.72. The van der Waals surface area contributed by atoms with E-state index in [0.29, 0.717) is 0 Å². The van der Waals surface area contributed by atoms with E-state index in [0.717, 1.165) is 55.1 Å². The lowest BCUT2D eigenvalue weighted by molar-refractivity contribution is -0.113. The number of para-hydroxylation sites is 1. The van der Waals surface area contributed by atoms with Crippen LogP contribution in [-0.2, 0) is 4.79 Å². The number of anilines is 1. The van der Waals surface area contributed by atoms with Gasteiger partial charge in [-0.05, 0) is 56.4 Å². The molecular formula is C22H31N3O2. The van der Waals surface area contributed by atoms with E-state index in [1.807, 2.05) is 29.2 Å². The molecule has 3 aliphatic rings. The number of benzene rings is 1. The fraction of sp³-hybridized carbons (Fsp3) is 0.636. The summed E-state index contributed by atoms with van der Waals surface area (Å²) >= 11 is 0. The van der Waals surface area contributed by atoms with E-state index in [4.69, 9.17) is 0 Å². The highest BCUT2D eigenvalue weighted by Crippen LogP contribution is 2.36. The summed E-state index contributed by atoms with van der Waals surface area (Å²) in [7, 11) is 0. The Hall–Kier alpha value is -1.88.